The number of carbonyl (C=O) groups is 1. The number of fused-ring (bicyclic) bond motifs is 1. The van der Waals surface area contributed by atoms with Crippen molar-refractivity contribution in [2.24, 2.45) is 0 Å². The Morgan fingerprint density at radius 3 is 2.35 bits per heavy atom. The first-order chi connectivity index (χ1) is 14.7. The maximum absolute atomic E-state index is 13.5. The Hall–Kier alpha value is -3.58. The molecular formula is C24H23FN4O2. The summed E-state index contributed by atoms with van der Waals surface area (Å²) in [5.41, 5.74) is 2.91. The van der Waals surface area contributed by atoms with Crippen LogP contribution in [0.4, 0.5) is 10.3 Å². The average molecular weight is 418 g/mol. The van der Waals surface area contributed by atoms with E-state index in [9.17, 15) is 14.3 Å². The molecule has 0 aliphatic rings. The number of hydrogen-bond donors (Lipinski definition) is 2. The lowest BCUT2D eigenvalue weighted by Crippen LogP contribution is -2.18. The van der Waals surface area contributed by atoms with Gasteiger partial charge in [-0.2, -0.15) is 0 Å². The minimum atomic E-state index is -1.15. The fourth-order valence-electron chi connectivity index (χ4n) is 3.28. The molecule has 0 saturated carbocycles. The molecular weight excluding hydrogens is 395 g/mol. The third-order valence-corrected chi connectivity index (χ3v) is 4.95. The number of aliphatic hydroxyl groups is 1. The van der Waals surface area contributed by atoms with Crippen LogP contribution in [0.25, 0.3) is 16.9 Å². The quantitative estimate of drug-likeness (QED) is 0.507. The van der Waals surface area contributed by atoms with Gasteiger partial charge >= 0.3 is 0 Å². The molecule has 0 bridgehead atoms. The van der Waals surface area contributed by atoms with Crippen molar-refractivity contribution in [3.05, 3.63) is 83.3 Å². The van der Waals surface area contributed by atoms with Gasteiger partial charge in [-0.25, -0.2) is 14.4 Å². The molecule has 0 aliphatic carbocycles. The van der Waals surface area contributed by atoms with Crippen LogP contribution in [0, 0.1) is 12.7 Å². The molecule has 0 aliphatic heterocycles. The maximum Gasteiger partial charge on any atom is 0.231 e. The lowest BCUT2D eigenvalue weighted by atomic mass is 10.1. The molecule has 0 radical (unpaired) electrons. The summed E-state index contributed by atoms with van der Waals surface area (Å²) >= 11 is 0. The number of aryl methyl sites for hydroxylation is 1. The monoisotopic (exact) mass is 418 g/mol. The van der Waals surface area contributed by atoms with E-state index in [1.54, 1.807) is 42.7 Å². The van der Waals surface area contributed by atoms with Gasteiger partial charge in [-0.15, -0.1) is 0 Å². The van der Waals surface area contributed by atoms with Gasteiger partial charge in [0.2, 0.25) is 11.9 Å². The Balaban J connectivity index is 1.76. The summed E-state index contributed by atoms with van der Waals surface area (Å²) in [6, 6.07) is 17.0. The van der Waals surface area contributed by atoms with Gasteiger partial charge in [0.15, 0.2) is 5.65 Å². The van der Waals surface area contributed by atoms with Crippen LogP contribution in [0.15, 0.2) is 60.7 Å². The van der Waals surface area contributed by atoms with Gasteiger partial charge in [0.1, 0.15) is 16.9 Å². The molecule has 2 N–H and O–H groups in total. The Kier molecular flexibility index (Phi) is 5.29. The highest BCUT2D eigenvalue weighted by Gasteiger charge is 2.22. The molecule has 158 valence electrons. The molecule has 4 aromatic rings. The second-order valence-corrected chi connectivity index (χ2v) is 8.06. The van der Waals surface area contributed by atoms with Crippen molar-refractivity contribution in [2.45, 2.75) is 32.8 Å². The number of benzene rings is 2. The highest BCUT2D eigenvalue weighted by Crippen LogP contribution is 2.27. The topological polar surface area (TPSA) is 80.0 Å². The number of nitrogens with zero attached hydrogens (tertiary/aromatic N) is 3. The lowest BCUT2D eigenvalue weighted by molar-refractivity contribution is -0.115. The molecule has 0 fully saturated rings. The van der Waals surface area contributed by atoms with Crippen LogP contribution in [0.2, 0.25) is 0 Å². The third kappa shape index (κ3) is 4.46. The Morgan fingerprint density at radius 1 is 1.03 bits per heavy atom. The summed E-state index contributed by atoms with van der Waals surface area (Å²) in [7, 11) is 0. The van der Waals surface area contributed by atoms with E-state index < -0.39 is 5.60 Å². The van der Waals surface area contributed by atoms with Gasteiger partial charge in [0.25, 0.3) is 0 Å². The van der Waals surface area contributed by atoms with E-state index in [1.807, 2.05) is 31.2 Å². The minimum Gasteiger partial charge on any atom is -0.384 e. The van der Waals surface area contributed by atoms with Gasteiger partial charge in [-0.05, 0) is 62.7 Å². The molecule has 31 heavy (non-hydrogen) atoms. The van der Waals surface area contributed by atoms with E-state index in [2.05, 4.69) is 15.3 Å². The molecule has 6 nitrogen and oxygen atoms in total. The predicted octanol–water partition coefficient (Wildman–Crippen LogP) is 4.28. The van der Waals surface area contributed by atoms with Gasteiger partial charge in [-0.1, -0.05) is 29.8 Å². The highest BCUT2D eigenvalue weighted by molar-refractivity contribution is 5.93. The average Bonchev–Trinajstić information content (AvgIpc) is 3.06. The molecule has 2 aromatic carbocycles. The number of imidazole rings is 1. The summed E-state index contributed by atoms with van der Waals surface area (Å²) in [4.78, 5) is 21.8. The summed E-state index contributed by atoms with van der Waals surface area (Å²) in [5.74, 6) is -0.326. The van der Waals surface area contributed by atoms with E-state index in [1.165, 1.54) is 12.1 Å². The molecule has 0 spiro atoms. The standard InChI is InChI=1S/C24H23FN4O2/c1-15-4-6-16(7-5-15)14-21(30)28-23-26-19-12-13-20(24(2,3)31)27-22(19)29(23)18-10-8-17(25)9-11-18/h4-13,31H,14H2,1-3H3,(H,26,28,30). The zero-order chi connectivity index (χ0) is 22.2. The predicted molar refractivity (Wildman–Crippen MR) is 118 cm³/mol. The van der Waals surface area contributed by atoms with E-state index in [0.717, 1.165) is 11.1 Å². The normalized spacial score (nSPS) is 11.6. The molecule has 0 saturated heterocycles. The van der Waals surface area contributed by atoms with E-state index in [-0.39, 0.29) is 24.1 Å². The Bertz CT molecular complexity index is 1240. The fraction of sp³-hybridized carbons (Fsp3) is 0.208. The molecule has 0 atom stereocenters. The van der Waals surface area contributed by atoms with Gasteiger partial charge in [0, 0.05) is 0 Å². The lowest BCUT2D eigenvalue weighted by Gasteiger charge is -2.16. The summed E-state index contributed by atoms with van der Waals surface area (Å²) in [5, 5.41) is 13.2. The number of nitrogens with one attached hydrogen (secondary N) is 1. The molecule has 4 rings (SSSR count). The summed E-state index contributed by atoms with van der Waals surface area (Å²) in [6.07, 6.45) is 0.190. The van der Waals surface area contributed by atoms with Crippen LogP contribution in [0.3, 0.4) is 0 Å². The summed E-state index contributed by atoms with van der Waals surface area (Å²) in [6.45, 7) is 5.28. The largest absolute Gasteiger partial charge is 0.384 e. The van der Waals surface area contributed by atoms with Gasteiger partial charge in [0.05, 0.1) is 17.8 Å². The number of pyridine rings is 1. The van der Waals surface area contributed by atoms with Crippen molar-refractivity contribution < 1.29 is 14.3 Å². The Labute approximate surface area is 179 Å². The molecule has 2 aromatic heterocycles. The van der Waals surface area contributed by atoms with Gasteiger partial charge in [-0.3, -0.25) is 14.7 Å². The van der Waals surface area contributed by atoms with Crippen LogP contribution in [0.1, 0.15) is 30.7 Å². The first kappa shape index (κ1) is 20.7. The molecule has 7 heteroatoms. The minimum absolute atomic E-state index is 0.190. The molecule has 1 amide bonds. The van der Waals surface area contributed by atoms with Crippen molar-refractivity contribution in [2.75, 3.05) is 5.32 Å². The Morgan fingerprint density at radius 2 is 1.71 bits per heavy atom. The van der Waals surface area contributed by atoms with Crippen molar-refractivity contribution in [3.63, 3.8) is 0 Å². The number of carbonyl (C=O) groups excluding carboxylic acids is 1. The first-order valence-corrected chi connectivity index (χ1v) is 9.94. The van der Waals surface area contributed by atoms with E-state index >= 15 is 0 Å². The van der Waals surface area contributed by atoms with Crippen molar-refractivity contribution >= 4 is 23.0 Å². The second-order valence-electron chi connectivity index (χ2n) is 8.06. The van der Waals surface area contributed by atoms with E-state index in [0.29, 0.717) is 22.5 Å². The smallest absolute Gasteiger partial charge is 0.231 e. The van der Waals surface area contributed by atoms with Crippen LogP contribution >= 0.6 is 0 Å². The van der Waals surface area contributed by atoms with Crippen LogP contribution in [0.5, 0.6) is 0 Å². The zero-order valence-corrected chi connectivity index (χ0v) is 17.6. The number of aromatic nitrogens is 3. The van der Waals surface area contributed by atoms with Crippen molar-refractivity contribution in [1.29, 1.82) is 0 Å². The SMILES string of the molecule is Cc1ccc(CC(=O)Nc2nc3ccc(C(C)(C)O)nc3n2-c2ccc(F)cc2)cc1. The van der Waals surface area contributed by atoms with Crippen molar-refractivity contribution in [1.82, 2.24) is 14.5 Å². The van der Waals surface area contributed by atoms with Crippen molar-refractivity contribution in [3.8, 4) is 5.69 Å². The molecule has 2 heterocycles. The van der Waals surface area contributed by atoms with Crippen LogP contribution < -0.4 is 5.32 Å². The molecule has 0 unspecified atom stereocenters. The number of halogens is 1. The third-order valence-electron chi connectivity index (χ3n) is 4.95. The number of anilines is 1. The number of amides is 1. The summed E-state index contributed by atoms with van der Waals surface area (Å²) < 4.78 is 15.2. The van der Waals surface area contributed by atoms with Crippen LogP contribution in [-0.2, 0) is 16.8 Å². The maximum atomic E-state index is 13.5. The van der Waals surface area contributed by atoms with E-state index in [4.69, 9.17) is 0 Å². The number of rotatable bonds is 5. The highest BCUT2D eigenvalue weighted by atomic mass is 19.1. The van der Waals surface area contributed by atoms with Gasteiger partial charge < -0.3 is 5.11 Å². The fourth-order valence-corrected chi connectivity index (χ4v) is 3.28. The van der Waals surface area contributed by atoms with Crippen LogP contribution in [-0.4, -0.2) is 25.5 Å². The second kappa shape index (κ2) is 7.92. The first-order valence-electron chi connectivity index (χ1n) is 9.94. The zero-order valence-electron chi connectivity index (χ0n) is 17.6. The number of hydrogen-bond acceptors (Lipinski definition) is 4.